The van der Waals surface area contributed by atoms with Gasteiger partial charge < -0.3 is 4.98 Å². The van der Waals surface area contributed by atoms with Gasteiger partial charge in [-0.2, -0.15) is 0 Å². The summed E-state index contributed by atoms with van der Waals surface area (Å²) in [7, 11) is 1.70. The first-order valence-corrected chi connectivity index (χ1v) is 8.88. The summed E-state index contributed by atoms with van der Waals surface area (Å²) in [6, 6.07) is 3.32. The highest BCUT2D eigenvalue weighted by Gasteiger charge is 2.24. The van der Waals surface area contributed by atoms with Crippen molar-refractivity contribution in [2.45, 2.75) is 37.5 Å². The van der Waals surface area contributed by atoms with Crippen molar-refractivity contribution < 1.29 is 13.2 Å². The molecule has 20 heavy (non-hydrogen) atoms. The van der Waals surface area contributed by atoms with Crippen LogP contribution in [0.25, 0.3) is 10.9 Å². The third kappa shape index (κ3) is 2.05. The summed E-state index contributed by atoms with van der Waals surface area (Å²) in [4.78, 5) is 15.4. The highest BCUT2D eigenvalue weighted by Crippen LogP contribution is 2.33. The highest BCUT2D eigenvalue weighted by molar-refractivity contribution is 8.13. The molecule has 1 aliphatic rings. The van der Waals surface area contributed by atoms with Gasteiger partial charge >= 0.3 is 0 Å². The van der Waals surface area contributed by atoms with Gasteiger partial charge in [-0.3, -0.25) is 4.79 Å². The topological polar surface area (TPSA) is 67.0 Å². The van der Waals surface area contributed by atoms with Crippen LogP contribution in [0.4, 0.5) is 0 Å². The molecule has 2 aromatic rings. The van der Waals surface area contributed by atoms with Crippen molar-refractivity contribution in [1.82, 2.24) is 4.98 Å². The lowest BCUT2D eigenvalue weighted by molar-refractivity contribution is 0.0974. The van der Waals surface area contributed by atoms with Crippen molar-refractivity contribution >= 4 is 36.4 Å². The largest absolute Gasteiger partial charge is 0.358 e. The summed E-state index contributed by atoms with van der Waals surface area (Å²) >= 11 is 0. The van der Waals surface area contributed by atoms with E-state index in [1.807, 2.05) is 6.92 Å². The second-order valence-electron chi connectivity index (χ2n) is 5.05. The molecule has 3 rings (SSSR count). The highest BCUT2D eigenvalue weighted by atomic mass is 35.7. The Kier molecular flexibility index (Phi) is 3.14. The van der Waals surface area contributed by atoms with Crippen molar-refractivity contribution in [2.24, 2.45) is 0 Å². The second kappa shape index (κ2) is 4.60. The summed E-state index contributed by atoms with van der Waals surface area (Å²) in [6.45, 7) is 1.87. The van der Waals surface area contributed by atoms with E-state index in [0.29, 0.717) is 23.9 Å². The van der Waals surface area contributed by atoms with Crippen molar-refractivity contribution in [1.29, 1.82) is 0 Å². The lowest BCUT2D eigenvalue weighted by atomic mass is 9.94. The van der Waals surface area contributed by atoms with Crippen molar-refractivity contribution in [2.75, 3.05) is 0 Å². The first kappa shape index (κ1) is 13.6. The van der Waals surface area contributed by atoms with E-state index in [9.17, 15) is 13.2 Å². The Morgan fingerprint density at radius 3 is 2.70 bits per heavy atom. The Morgan fingerprint density at radius 2 is 2.05 bits per heavy atom. The predicted octanol–water partition coefficient (Wildman–Crippen LogP) is 3.18. The van der Waals surface area contributed by atoms with Gasteiger partial charge in [0.25, 0.3) is 9.05 Å². The summed E-state index contributed by atoms with van der Waals surface area (Å²) in [5.41, 5.74) is 2.94. The van der Waals surface area contributed by atoms with E-state index >= 15 is 0 Å². The van der Waals surface area contributed by atoms with Gasteiger partial charge in [0.1, 0.15) is 0 Å². The van der Waals surface area contributed by atoms with Gasteiger partial charge in [-0.05, 0) is 37.0 Å². The minimum absolute atomic E-state index is 0.125. The number of aromatic amines is 1. The number of fused-ring (bicyclic) bond motifs is 3. The number of aryl methyl sites for hydroxylation is 2. The number of nitrogens with one attached hydrogen (secondary N) is 1. The standard InChI is InChI=1S/C14H14ClNO3S/c1-2-8-6-9-11(7-13(8)20(15,18)19)16-10-4-3-5-12(17)14(9)10/h6-7,16H,2-5H2,1H3. The average Bonchev–Trinajstić information content (AvgIpc) is 2.74. The number of carbonyl (C=O) groups excluding carboxylic acids is 1. The maximum absolute atomic E-state index is 12.1. The van der Waals surface area contributed by atoms with Crippen molar-refractivity contribution in [3.05, 3.63) is 29.0 Å². The van der Waals surface area contributed by atoms with Gasteiger partial charge in [-0.1, -0.05) is 6.92 Å². The third-order valence-electron chi connectivity index (χ3n) is 3.81. The smallest absolute Gasteiger partial charge is 0.261 e. The fourth-order valence-electron chi connectivity index (χ4n) is 2.88. The molecule has 6 heteroatoms. The van der Waals surface area contributed by atoms with E-state index in [1.54, 1.807) is 12.1 Å². The Morgan fingerprint density at radius 1 is 1.30 bits per heavy atom. The zero-order valence-corrected chi connectivity index (χ0v) is 12.6. The van der Waals surface area contributed by atoms with Gasteiger partial charge in [0.05, 0.1) is 4.90 Å². The number of hydrogen-bond acceptors (Lipinski definition) is 3. The Balaban J connectivity index is 2.36. The molecule has 0 amide bonds. The number of benzene rings is 1. The predicted molar refractivity (Wildman–Crippen MR) is 78.0 cm³/mol. The van der Waals surface area contributed by atoms with Crippen LogP contribution in [0.1, 0.15) is 41.4 Å². The minimum atomic E-state index is -3.78. The van der Waals surface area contributed by atoms with Crippen molar-refractivity contribution in [3.63, 3.8) is 0 Å². The first-order valence-electron chi connectivity index (χ1n) is 6.57. The fraction of sp³-hybridized carbons (Fsp3) is 0.357. The summed E-state index contributed by atoms with van der Waals surface area (Å²) < 4.78 is 23.3. The zero-order valence-electron chi connectivity index (χ0n) is 11.0. The van der Waals surface area contributed by atoms with Gasteiger partial charge in [0.15, 0.2) is 5.78 Å². The molecular weight excluding hydrogens is 298 g/mol. The molecule has 0 fully saturated rings. The molecule has 0 unspecified atom stereocenters. The molecule has 0 radical (unpaired) electrons. The Hall–Kier alpha value is -1.33. The molecule has 0 aliphatic heterocycles. The van der Waals surface area contributed by atoms with E-state index in [-0.39, 0.29) is 10.7 Å². The lowest BCUT2D eigenvalue weighted by Gasteiger charge is -2.10. The van der Waals surface area contributed by atoms with Crippen LogP contribution in [0.3, 0.4) is 0 Å². The number of Topliss-reactive ketones (excluding diaryl/α,β-unsaturated/α-hetero) is 1. The SMILES string of the molecule is CCc1cc2c3c([nH]c2cc1S(=O)(=O)Cl)CCCC3=O. The number of aromatic nitrogens is 1. The second-order valence-corrected chi connectivity index (χ2v) is 7.59. The molecule has 4 nitrogen and oxygen atoms in total. The molecule has 0 spiro atoms. The van der Waals surface area contributed by atoms with Crippen molar-refractivity contribution in [3.8, 4) is 0 Å². The van der Waals surface area contributed by atoms with Gasteiger partial charge in [0, 0.05) is 39.3 Å². The van der Waals surface area contributed by atoms with Gasteiger partial charge in [0.2, 0.25) is 0 Å². The van der Waals surface area contributed by atoms with E-state index in [1.165, 1.54) is 0 Å². The molecule has 1 heterocycles. The van der Waals surface area contributed by atoms with Crippen LogP contribution >= 0.6 is 10.7 Å². The van der Waals surface area contributed by atoms with Crippen LogP contribution < -0.4 is 0 Å². The first-order chi connectivity index (χ1) is 9.41. The number of ketones is 1. The molecule has 1 aromatic carbocycles. The molecular formula is C14H14ClNO3S. The van der Waals surface area contributed by atoms with Crippen LogP contribution in [0, 0.1) is 0 Å². The number of hydrogen-bond donors (Lipinski definition) is 1. The summed E-state index contributed by atoms with van der Waals surface area (Å²) in [6.07, 6.45) is 2.75. The molecule has 0 saturated heterocycles. The number of rotatable bonds is 2. The van der Waals surface area contributed by atoms with Gasteiger partial charge in [-0.15, -0.1) is 0 Å². The molecule has 1 N–H and O–H groups in total. The molecule has 0 atom stereocenters. The van der Waals surface area contributed by atoms with Crippen LogP contribution in [0.15, 0.2) is 17.0 Å². The van der Waals surface area contributed by atoms with Crippen LogP contribution in [0.2, 0.25) is 0 Å². The van der Waals surface area contributed by atoms with Crippen LogP contribution in [-0.2, 0) is 21.9 Å². The number of H-pyrrole nitrogens is 1. The molecule has 0 saturated carbocycles. The maximum atomic E-state index is 12.1. The van der Waals surface area contributed by atoms with E-state index < -0.39 is 9.05 Å². The van der Waals surface area contributed by atoms with Crippen LogP contribution in [0.5, 0.6) is 0 Å². The quantitative estimate of drug-likeness (QED) is 0.866. The monoisotopic (exact) mass is 311 g/mol. The zero-order chi connectivity index (χ0) is 14.5. The number of carbonyl (C=O) groups is 1. The average molecular weight is 312 g/mol. The lowest BCUT2D eigenvalue weighted by Crippen LogP contribution is -2.09. The summed E-state index contributed by atoms with van der Waals surface area (Å²) in [5.74, 6) is 0.126. The molecule has 0 bridgehead atoms. The molecule has 1 aromatic heterocycles. The minimum Gasteiger partial charge on any atom is -0.358 e. The third-order valence-corrected chi connectivity index (χ3v) is 5.21. The Bertz CT molecular complexity index is 821. The van der Waals surface area contributed by atoms with Gasteiger partial charge in [-0.25, -0.2) is 8.42 Å². The maximum Gasteiger partial charge on any atom is 0.261 e. The van der Waals surface area contributed by atoms with E-state index in [0.717, 1.165) is 29.5 Å². The van der Waals surface area contributed by atoms with E-state index in [2.05, 4.69) is 4.98 Å². The summed E-state index contributed by atoms with van der Waals surface area (Å²) in [5, 5.41) is 0.811. The van der Waals surface area contributed by atoms with E-state index in [4.69, 9.17) is 10.7 Å². The number of halogens is 1. The normalized spacial score (nSPS) is 15.6. The van der Waals surface area contributed by atoms with Crippen LogP contribution in [-0.4, -0.2) is 19.2 Å². The molecule has 1 aliphatic carbocycles. The molecule has 106 valence electrons. The Labute approximate surface area is 121 Å². The fourth-order valence-corrected chi connectivity index (χ4v) is 4.09.